The molecule has 2 N–H and O–H groups in total. The maximum atomic E-state index is 12.4. The third kappa shape index (κ3) is 3.02. The van der Waals surface area contributed by atoms with E-state index in [0.717, 1.165) is 5.56 Å². The van der Waals surface area contributed by atoms with Crippen LogP contribution in [0.25, 0.3) is 0 Å². The number of furan rings is 1. The third-order valence-corrected chi connectivity index (χ3v) is 4.79. The maximum Gasteiger partial charge on any atom is 0.340 e. The van der Waals surface area contributed by atoms with Crippen molar-refractivity contribution in [3.63, 3.8) is 0 Å². The van der Waals surface area contributed by atoms with Gasteiger partial charge in [0.2, 0.25) is 10.0 Å². The van der Waals surface area contributed by atoms with Gasteiger partial charge in [-0.3, -0.25) is 4.98 Å². The highest BCUT2D eigenvalue weighted by Gasteiger charge is 2.30. The minimum absolute atomic E-state index is 0.0300. The zero-order valence-electron chi connectivity index (χ0n) is 12.4. The number of hydrogen-bond donors (Lipinski definition) is 2. The lowest BCUT2D eigenvalue weighted by atomic mass is 10.2. The van der Waals surface area contributed by atoms with Crippen LogP contribution in [0.2, 0.25) is 0 Å². The summed E-state index contributed by atoms with van der Waals surface area (Å²) in [6.45, 7) is 4.61. The number of pyridine rings is 1. The number of nitrogens with zero attached hydrogens (tertiary/aromatic N) is 1. The number of carboxylic acids is 1. The Balaban J connectivity index is 2.36. The Kier molecular flexibility index (Phi) is 4.34. The topological polar surface area (TPSA) is 110 Å². The van der Waals surface area contributed by atoms with E-state index in [-0.39, 0.29) is 28.5 Å². The number of carbonyl (C=O) groups is 1. The molecule has 0 saturated heterocycles. The molecule has 22 heavy (non-hydrogen) atoms. The molecule has 2 rings (SSSR count). The zero-order valence-corrected chi connectivity index (χ0v) is 13.2. The summed E-state index contributed by atoms with van der Waals surface area (Å²) in [5.74, 6) is -1.25. The molecule has 0 saturated carbocycles. The standard InChI is InChI=1S/C14H16N2O5S/c1-8-5-4-6-15-11(8)7-16-22(19,20)13-10(3)21-9(2)12(13)14(17)18/h4-6,16H,7H2,1-3H3,(H,17,18). The molecule has 0 radical (unpaired) electrons. The predicted octanol–water partition coefficient (Wildman–Crippen LogP) is 1.78. The molecule has 0 aliphatic carbocycles. The van der Waals surface area contributed by atoms with Crippen LogP contribution in [0.1, 0.15) is 33.1 Å². The molecule has 0 aliphatic rings. The van der Waals surface area contributed by atoms with E-state index in [1.165, 1.54) is 13.8 Å². The first-order valence-electron chi connectivity index (χ1n) is 6.47. The summed E-state index contributed by atoms with van der Waals surface area (Å²) >= 11 is 0. The second-order valence-electron chi connectivity index (χ2n) is 4.82. The third-order valence-electron chi connectivity index (χ3n) is 3.24. The Morgan fingerprint density at radius 2 is 2.00 bits per heavy atom. The Hall–Kier alpha value is -2.19. The number of aromatic nitrogens is 1. The smallest absolute Gasteiger partial charge is 0.340 e. The average molecular weight is 324 g/mol. The van der Waals surface area contributed by atoms with Crippen molar-refractivity contribution in [3.8, 4) is 0 Å². The second kappa shape index (κ2) is 5.90. The molecule has 2 aromatic heterocycles. The highest BCUT2D eigenvalue weighted by molar-refractivity contribution is 7.89. The van der Waals surface area contributed by atoms with Crippen LogP contribution in [0, 0.1) is 20.8 Å². The number of aryl methyl sites for hydroxylation is 3. The van der Waals surface area contributed by atoms with E-state index in [9.17, 15) is 18.3 Å². The molecule has 0 spiro atoms. The minimum atomic E-state index is -4.03. The largest absolute Gasteiger partial charge is 0.478 e. The molecule has 2 aromatic rings. The molecular formula is C14H16N2O5S. The monoisotopic (exact) mass is 324 g/mol. The Morgan fingerprint density at radius 3 is 2.59 bits per heavy atom. The lowest BCUT2D eigenvalue weighted by Crippen LogP contribution is -2.26. The molecule has 0 aliphatic heterocycles. The van der Waals surface area contributed by atoms with Crippen molar-refractivity contribution in [1.82, 2.24) is 9.71 Å². The molecule has 0 fully saturated rings. The van der Waals surface area contributed by atoms with Gasteiger partial charge in [-0.05, 0) is 32.4 Å². The van der Waals surface area contributed by atoms with Crippen LogP contribution in [0.5, 0.6) is 0 Å². The van der Waals surface area contributed by atoms with Gasteiger partial charge in [-0.2, -0.15) is 0 Å². The quantitative estimate of drug-likeness (QED) is 0.867. The van der Waals surface area contributed by atoms with Gasteiger partial charge in [-0.15, -0.1) is 0 Å². The average Bonchev–Trinajstić information content (AvgIpc) is 2.73. The summed E-state index contributed by atoms with van der Waals surface area (Å²) in [6, 6.07) is 3.56. The fraction of sp³-hybridized carbons (Fsp3) is 0.286. The molecule has 0 aromatic carbocycles. The van der Waals surface area contributed by atoms with E-state index in [2.05, 4.69) is 9.71 Å². The molecule has 8 heteroatoms. The second-order valence-corrected chi connectivity index (χ2v) is 6.52. The van der Waals surface area contributed by atoms with Gasteiger partial charge in [-0.1, -0.05) is 6.07 Å². The van der Waals surface area contributed by atoms with Crippen LogP contribution >= 0.6 is 0 Å². The van der Waals surface area contributed by atoms with Gasteiger partial charge in [-0.25, -0.2) is 17.9 Å². The van der Waals surface area contributed by atoms with Gasteiger partial charge in [0.25, 0.3) is 0 Å². The summed E-state index contributed by atoms with van der Waals surface area (Å²) in [4.78, 5) is 15.0. The van der Waals surface area contributed by atoms with Crippen molar-refractivity contribution in [1.29, 1.82) is 0 Å². The van der Waals surface area contributed by atoms with Crippen LogP contribution in [0.15, 0.2) is 27.6 Å². The lowest BCUT2D eigenvalue weighted by molar-refractivity contribution is 0.0691. The van der Waals surface area contributed by atoms with Gasteiger partial charge in [0, 0.05) is 6.20 Å². The normalized spacial score (nSPS) is 11.6. The van der Waals surface area contributed by atoms with Crippen LogP contribution < -0.4 is 4.72 Å². The van der Waals surface area contributed by atoms with E-state index in [4.69, 9.17) is 4.42 Å². The predicted molar refractivity (Wildman–Crippen MR) is 78.1 cm³/mol. The van der Waals surface area contributed by atoms with Crippen molar-refractivity contribution >= 4 is 16.0 Å². The molecule has 2 heterocycles. The summed E-state index contributed by atoms with van der Waals surface area (Å²) in [7, 11) is -4.03. The summed E-state index contributed by atoms with van der Waals surface area (Å²) < 4.78 is 32.3. The minimum Gasteiger partial charge on any atom is -0.478 e. The number of hydrogen-bond acceptors (Lipinski definition) is 5. The molecule has 118 valence electrons. The van der Waals surface area contributed by atoms with Gasteiger partial charge in [0.05, 0.1) is 12.2 Å². The number of sulfonamides is 1. The fourth-order valence-corrected chi connectivity index (χ4v) is 3.56. The molecule has 0 amide bonds. The Morgan fingerprint density at radius 1 is 1.32 bits per heavy atom. The van der Waals surface area contributed by atoms with Crippen molar-refractivity contribution in [3.05, 3.63) is 46.7 Å². The summed E-state index contributed by atoms with van der Waals surface area (Å²) in [5, 5.41) is 9.19. The van der Waals surface area contributed by atoms with Crippen molar-refractivity contribution in [2.75, 3.05) is 0 Å². The Labute approximate surface area is 128 Å². The van der Waals surface area contributed by atoms with Crippen molar-refractivity contribution in [2.45, 2.75) is 32.2 Å². The number of carboxylic acid groups (broad SMARTS) is 1. The van der Waals surface area contributed by atoms with E-state index < -0.39 is 16.0 Å². The molecule has 7 nitrogen and oxygen atoms in total. The van der Waals surface area contributed by atoms with Crippen molar-refractivity contribution in [2.24, 2.45) is 0 Å². The Bertz CT molecular complexity index is 824. The van der Waals surface area contributed by atoms with E-state index >= 15 is 0 Å². The van der Waals surface area contributed by atoms with Crippen LogP contribution in [-0.4, -0.2) is 24.5 Å². The molecule has 0 unspecified atom stereocenters. The van der Waals surface area contributed by atoms with Gasteiger partial charge in [0.15, 0.2) is 0 Å². The summed E-state index contributed by atoms with van der Waals surface area (Å²) in [5.41, 5.74) is 1.06. The molecule has 0 atom stereocenters. The first-order valence-corrected chi connectivity index (χ1v) is 7.95. The van der Waals surface area contributed by atoms with E-state index in [1.54, 1.807) is 12.3 Å². The van der Waals surface area contributed by atoms with E-state index in [1.807, 2.05) is 13.0 Å². The lowest BCUT2D eigenvalue weighted by Gasteiger charge is -2.08. The van der Waals surface area contributed by atoms with Crippen LogP contribution in [-0.2, 0) is 16.6 Å². The maximum absolute atomic E-state index is 12.4. The highest BCUT2D eigenvalue weighted by Crippen LogP contribution is 2.26. The SMILES string of the molecule is Cc1cccnc1CNS(=O)(=O)c1c(C)oc(C)c1C(=O)O. The van der Waals surface area contributed by atoms with Crippen LogP contribution in [0.4, 0.5) is 0 Å². The number of aromatic carboxylic acids is 1. The van der Waals surface area contributed by atoms with Gasteiger partial charge in [0.1, 0.15) is 22.0 Å². The fourth-order valence-electron chi connectivity index (χ4n) is 2.17. The number of nitrogens with one attached hydrogen (secondary N) is 1. The van der Waals surface area contributed by atoms with Gasteiger partial charge >= 0.3 is 5.97 Å². The number of rotatable bonds is 5. The molecule has 0 bridgehead atoms. The highest BCUT2D eigenvalue weighted by atomic mass is 32.2. The zero-order chi connectivity index (χ0) is 16.5. The summed E-state index contributed by atoms with van der Waals surface area (Å²) in [6.07, 6.45) is 1.56. The van der Waals surface area contributed by atoms with E-state index in [0.29, 0.717) is 5.69 Å². The first-order chi connectivity index (χ1) is 10.2. The van der Waals surface area contributed by atoms with Crippen LogP contribution in [0.3, 0.4) is 0 Å². The first kappa shape index (κ1) is 16.2. The van der Waals surface area contributed by atoms with Crippen molar-refractivity contribution < 1.29 is 22.7 Å². The van der Waals surface area contributed by atoms with Gasteiger partial charge < -0.3 is 9.52 Å². The molecular weight excluding hydrogens is 308 g/mol.